The van der Waals surface area contributed by atoms with E-state index in [2.05, 4.69) is 18.5 Å². The van der Waals surface area contributed by atoms with Gasteiger partial charge in [-0.05, 0) is 68.9 Å². The Balaban J connectivity index is 1.46. The highest BCUT2D eigenvalue weighted by Gasteiger charge is 2.75. The number of hydrogen-bond donors (Lipinski definition) is 2. The molecule has 3 aliphatic rings. The van der Waals surface area contributed by atoms with E-state index in [1.165, 1.54) is 4.90 Å². The molecular weight excluding hydrogens is 634 g/mol. The van der Waals surface area contributed by atoms with Crippen molar-refractivity contribution in [1.82, 2.24) is 10.2 Å². The molecule has 5 rings (SSSR count). The minimum absolute atomic E-state index is 0.0563. The number of carbonyl (C=O) groups is 4. The molecule has 3 aliphatic heterocycles. The summed E-state index contributed by atoms with van der Waals surface area (Å²) in [5, 5.41) is 13.0. The maximum Gasteiger partial charge on any atom is 0.313 e. The lowest BCUT2D eigenvalue weighted by molar-refractivity contribution is -0.162. The van der Waals surface area contributed by atoms with Gasteiger partial charge in [0.1, 0.15) is 17.7 Å². The molecular formula is C37H44ClN3O7. The number of esters is 1. The first-order valence-corrected chi connectivity index (χ1v) is 17.0. The van der Waals surface area contributed by atoms with Gasteiger partial charge in [0.05, 0.1) is 24.0 Å². The molecule has 2 N–H and O–H groups in total. The minimum atomic E-state index is -1.24. The summed E-state index contributed by atoms with van der Waals surface area (Å²) in [6, 6.07) is 14.4. The van der Waals surface area contributed by atoms with E-state index in [4.69, 9.17) is 21.1 Å². The van der Waals surface area contributed by atoms with Gasteiger partial charge in [-0.1, -0.05) is 54.1 Å². The summed E-state index contributed by atoms with van der Waals surface area (Å²) in [4.78, 5) is 59.0. The molecule has 3 saturated heterocycles. The van der Waals surface area contributed by atoms with Gasteiger partial charge in [0.2, 0.25) is 11.8 Å². The largest absolute Gasteiger partial charge is 0.455 e. The van der Waals surface area contributed by atoms with Crippen molar-refractivity contribution in [3.05, 3.63) is 90.5 Å². The van der Waals surface area contributed by atoms with Gasteiger partial charge in [0.15, 0.2) is 0 Å². The molecule has 2 bridgehead atoms. The predicted octanol–water partition coefficient (Wildman–Crippen LogP) is 4.76. The Hall–Kier alpha value is -3.99. The fraction of sp³-hybridized carbons (Fsp3) is 0.459. The van der Waals surface area contributed by atoms with Crippen molar-refractivity contribution in [2.45, 2.75) is 75.3 Å². The van der Waals surface area contributed by atoms with Gasteiger partial charge in [0.25, 0.3) is 5.91 Å². The van der Waals surface area contributed by atoms with Crippen LogP contribution in [-0.2, 0) is 28.7 Å². The number of hydrogen-bond acceptors (Lipinski definition) is 7. The normalized spacial score (nSPS) is 25.2. The van der Waals surface area contributed by atoms with E-state index in [0.717, 1.165) is 0 Å². The van der Waals surface area contributed by atoms with E-state index in [1.54, 1.807) is 48.2 Å². The maximum absolute atomic E-state index is 14.6. The number of allylic oxidation sites excluding steroid dienone is 1. The number of ether oxygens (including phenoxy) is 2. The average Bonchev–Trinajstić information content (AvgIpc) is 3.73. The summed E-state index contributed by atoms with van der Waals surface area (Å²) in [6.07, 6.45) is 4.41. The van der Waals surface area contributed by atoms with Crippen LogP contribution >= 0.6 is 11.6 Å². The molecule has 0 radical (unpaired) electrons. The summed E-state index contributed by atoms with van der Waals surface area (Å²) in [5.41, 5.74) is 0.0474. The van der Waals surface area contributed by atoms with Crippen molar-refractivity contribution in [3.8, 4) is 0 Å². The number of aliphatic hydroxyl groups is 1. The van der Waals surface area contributed by atoms with Crippen molar-refractivity contribution in [2.75, 3.05) is 24.6 Å². The van der Waals surface area contributed by atoms with Crippen LogP contribution in [0.4, 0.5) is 5.69 Å². The van der Waals surface area contributed by atoms with Gasteiger partial charge in [-0.2, -0.15) is 0 Å². The number of rotatable bonds is 16. The lowest BCUT2D eigenvalue weighted by Crippen LogP contribution is -2.56. The SMILES string of the molecule is C=CCCC(=O)N[C@H](C)[C@@H](OC(=O)[C@@H]1[C@@H]2CC[C@]3(O2)[C@H](C(=O)N(CC=C)c2ccc(Cl)cc2)N(CCCCO)C(=O)[C@@H]13)c1ccccc1. The molecule has 11 heteroatoms. The van der Waals surface area contributed by atoms with Crippen molar-refractivity contribution < 1.29 is 33.8 Å². The molecule has 0 unspecified atom stereocenters. The fourth-order valence-corrected chi connectivity index (χ4v) is 7.62. The van der Waals surface area contributed by atoms with E-state index >= 15 is 0 Å². The molecule has 1 spiro atoms. The first kappa shape index (κ1) is 35.3. The molecule has 48 heavy (non-hydrogen) atoms. The Bertz CT molecular complexity index is 1500. The lowest BCUT2D eigenvalue weighted by atomic mass is 9.70. The number of fused-ring (bicyclic) bond motifs is 1. The number of likely N-dealkylation sites (tertiary alicyclic amines) is 1. The Morgan fingerprint density at radius 3 is 2.54 bits per heavy atom. The molecule has 3 amide bonds. The topological polar surface area (TPSA) is 125 Å². The molecule has 7 atom stereocenters. The van der Waals surface area contributed by atoms with Crippen LogP contribution in [0.3, 0.4) is 0 Å². The number of benzene rings is 2. The molecule has 256 valence electrons. The zero-order valence-electron chi connectivity index (χ0n) is 27.3. The van der Waals surface area contributed by atoms with Crippen LogP contribution in [0.2, 0.25) is 5.02 Å². The smallest absolute Gasteiger partial charge is 0.313 e. The highest BCUT2D eigenvalue weighted by Crippen LogP contribution is 2.59. The molecule has 3 fully saturated rings. The van der Waals surface area contributed by atoms with Crippen LogP contribution < -0.4 is 10.2 Å². The predicted molar refractivity (Wildman–Crippen MR) is 182 cm³/mol. The molecule has 0 saturated carbocycles. The summed E-state index contributed by atoms with van der Waals surface area (Å²) >= 11 is 6.14. The summed E-state index contributed by atoms with van der Waals surface area (Å²) in [7, 11) is 0. The number of nitrogens with zero attached hydrogens (tertiary/aromatic N) is 2. The fourth-order valence-electron chi connectivity index (χ4n) is 7.50. The van der Waals surface area contributed by atoms with Crippen molar-refractivity contribution in [2.24, 2.45) is 11.8 Å². The van der Waals surface area contributed by atoms with Gasteiger partial charge < -0.3 is 29.7 Å². The van der Waals surface area contributed by atoms with E-state index < -0.39 is 47.7 Å². The minimum Gasteiger partial charge on any atom is -0.455 e. The molecule has 0 aliphatic carbocycles. The second-order valence-electron chi connectivity index (χ2n) is 12.7. The number of anilines is 1. The van der Waals surface area contributed by atoms with Crippen molar-refractivity contribution >= 4 is 41.0 Å². The van der Waals surface area contributed by atoms with Crippen LogP contribution in [0.25, 0.3) is 0 Å². The summed E-state index contributed by atoms with van der Waals surface area (Å²) in [5.74, 6) is -3.36. The first-order valence-electron chi connectivity index (χ1n) is 16.6. The third-order valence-electron chi connectivity index (χ3n) is 9.62. The Labute approximate surface area is 286 Å². The average molecular weight is 678 g/mol. The second kappa shape index (κ2) is 15.5. The Morgan fingerprint density at radius 1 is 1.15 bits per heavy atom. The van der Waals surface area contributed by atoms with Crippen LogP contribution in [0, 0.1) is 11.8 Å². The second-order valence-corrected chi connectivity index (χ2v) is 13.1. The number of halogens is 1. The zero-order valence-corrected chi connectivity index (χ0v) is 28.0. The van der Waals surface area contributed by atoms with Crippen LogP contribution in [0.5, 0.6) is 0 Å². The zero-order chi connectivity index (χ0) is 34.4. The van der Waals surface area contributed by atoms with Crippen molar-refractivity contribution in [3.63, 3.8) is 0 Å². The monoisotopic (exact) mass is 677 g/mol. The van der Waals surface area contributed by atoms with E-state index in [9.17, 15) is 24.3 Å². The first-order chi connectivity index (χ1) is 23.2. The molecule has 10 nitrogen and oxygen atoms in total. The van der Waals surface area contributed by atoms with Gasteiger partial charge in [-0.25, -0.2) is 0 Å². The third kappa shape index (κ3) is 6.92. The third-order valence-corrected chi connectivity index (χ3v) is 9.87. The Kier molecular flexibility index (Phi) is 11.4. The maximum atomic E-state index is 14.6. The van der Waals surface area contributed by atoms with Gasteiger partial charge >= 0.3 is 5.97 Å². The molecule has 0 aromatic heterocycles. The number of nitrogens with one attached hydrogen (secondary N) is 1. The number of unbranched alkanes of at least 4 members (excludes halogenated alkanes) is 1. The quantitative estimate of drug-likeness (QED) is 0.149. The molecule has 2 aromatic rings. The van der Waals surface area contributed by atoms with Gasteiger partial charge in [0, 0.05) is 36.8 Å². The molecule has 3 heterocycles. The molecule has 2 aromatic carbocycles. The van der Waals surface area contributed by atoms with Gasteiger partial charge in [-0.15, -0.1) is 13.2 Å². The van der Waals surface area contributed by atoms with Crippen molar-refractivity contribution in [1.29, 1.82) is 0 Å². The highest BCUT2D eigenvalue weighted by molar-refractivity contribution is 6.30. The highest BCUT2D eigenvalue weighted by atomic mass is 35.5. The van der Waals surface area contributed by atoms with Crippen LogP contribution in [-0.4, -0.2) is 77.2 Å². The van der Waals surface area contributed by atoms with E-state index in [-0.39, 0.29) is 43.8 Å². The lowest BCUT2D eigenvalue weighted by Gasteiger charge is -2.37. The van der Waals surface area contributed by atoms with Crippen LogP contribution in [0.1, 0.15) is 57.1 Å². The summed E-state index contributed by atoms with van der Waals surface area (Å²) in [6.45, 7) is 9.63. The number of amides is 3. The van der Waals surface area contributed by atoms with Gasteiger partial charge in [-0.3, -0.25) is 19.2 Å². The number of aliphatic hydroxyl groups excluding tert-OH is 1. The van der Waals surface area contributed by atoms with E-state index in [0.29, 0.717) is 48.4 Å². The van der Waals surface area contributed by atoms with E-state index in [1.807, 2.05) is 30.3 Å². The van der Waals surface area contributed by atoms with Crippen LogP contribution in [0.15, 0.2) is 79.9 Å². The summed E-state index contributed by atoms with van der Waals surface area (Å²) < 4.78 is 12.8. The Morgan fingerprint density at radius 2 is 1.88 bits per heavy atom. The number of carbonyl (C=O) groups excluding carboxylic acids is 4. The standard InChI is InChI=1S/C37H44ClN3O7/c1-4-6-14-29(43)39-24(3)32(25-12-8-7-9-13-25)47-36(46)30-28-19-20-37(48-28)31(30)34(44)41(22-10-11-23-42)33(37)35(45)40(21-5-2)27-17-15-26(38)16-18-27/h4-5,7-9,12-13,15-18,24,28,30-33,42H,1-2,6,10-11,14,19-23H2,3H3,(H,39,43)/t24-,28+,30-,31-,32-,33+,37-/m1/s1.